The van der Waals surface area contributed by atoms with Crippen LogP contribution in [0.5, 0.6) is 0 Å². The van der Waals surface area contributed by atoms with E-state index < -0.39 is 0 Å². The van der Waals surface area contributed by atoms with E-state index in [0.29, 0.717) is 56.7 Å². The van der Waals surface area contributed by atoms with Crippen molar-refractivity contribution in [1.29, 1.82) is 0 Å². The zero-order valence-electron chi connectivity index (χ0n) is 14.1. The predicted molar refractivity (Wildman–Crippen MR) is 90.0 cm³/mol. The number of nitrogens with zero attached hydrogens (tertiary/aromatic N) is 4. The minimum absolute atomic E-state index is 0.161. The van der Waals surface area contributed by atoms with Gasteiger partial charge < -0.3 is 19.9 Å². The number of carbonyl (C=O) groups is 2. The second-order valence-electron chi connectivity index (χ2n) is 5.33. The van der Waals surface area contributed by atoms with E-state index >= 15 is 0 Å². The van der Waals surface area contributed by atoms with Gasteiger partial charge in [-0.2, -0.15) is 0 Å². The molecule has 0 bridgehead atoms. The highest BCUT2D eigenvalue weighted by Crippen LogP contribution is 2.12. The summed E-state index contributed by atoms with van der Waals surface area (Å²) in [7, 11) is 0. The van der Waals surface area contributed by atoms with Crippen molar-refractivity contribution < 1.29 is 14.3 Å². The Balaban J connectivity index is 2.01. The van der Waals surface area contributed by atoms with E-state index in [9.17, 15) is 9.59 Å². The Morgan fingerprint density at radius 1 is 1.29 bits per heavy atom. The molecule has 1 aliphatic rings. The molecule has 1 aromatic rings. The van der Waals surface area contributed by atoms with Crippen LogP contribution >= 0.6 is 0 Å². The normalized spacial score (nSPS) is 14.2. The molecule has 0 aromatic carbocycles. The van der Waals surface area contributed by atoms with Crippen molar-refractivity contribution in [2.75, 3.05) is 44.6 Å². The Morgan fingerprint density at radius 3 is 2.58 bits per heavy atom. The molecule has 24 heavy (non-hydrogen) atoms. The third kappa shape index (κ3) is 4.43. The minimum atomic E-state index is -0.335. The molecule has 130 valence electrons. The van der Waals surface area contributed by atoms with Gasteiger partial charge in [-0.1, -0.05) is 6.08 Å². The Kier molecular flexibility index (Phi) is 6.11. The van der Waals surface area contributed by atoms with E-state index in [1.165, 1.54) is 0 Å². The van der Waals surface area contributed by atoms with Gasteiger partial charge in [0, 0.05) is 38.8 Å². The van der Waals surface area contributed by atoms with Crippen LogP contribution in [0.4, 0.5) is 10.6 Å². The van der Waals surface area contributed by atoms with Crippen LogP contribution in [-0.4, -0.2) is 71.1 Å². The number of ether oxygens (including phenoxy) is 1. The van der Waals surface area contributed by atoms with E-state index in [-0.39, 0.29) is 12.0 Å². The molecule has 2 rings (SSSR count). The van der Waals surface area contributed by atoms with Gasteiger partial charge in [-0.15, -0.1) is 6.58 Å². The van der Waals surface area contributed by atoms with Crippen molar-refractivity contribution in [3.63, 3.8) is 0 Å². The maximum absolute atomic E-state index is 12.6. The molecule has 1 aromatic heterocycles. The summed E-state index contributed by atoms with van der Waals surface area (Å²) in [5.41, 5.74) is 0.346. The lowest BCUT2D eigenvalue weighted by molar-refractivity contribution is 0.0565. The maximum Gasteiger partial charge on any atom is 0.409 e. The molecular weight excluding hydrogens is 310 g/mol. The summed E-state index contributed by atoms with van der Waals surface area (Å²) in [5.74, 6) is 0.958. The van der Waals surface area contributed by atoms with E-state index in [0.717, 1.165) is 0 Å². The molecule has 1 fully saturated rings. The first-order valence-corrected chi connectivity index (χ1v) is 7.96. The summed E-state index contributed by atoms with van der Waals surface area (Å²) < 4.78 is 4.98. The van der Waals surface area contributed by atoms with Crippen molar-refractivity contribution in [2.45, 2.75) is 13.8 Å². The number of aromatic nitrogens is 2. The monoisotopic (exact) mass is 333 g/mol. The Bertz CT molecular complexity index is 612. The third-order valence-corrected chi connectivity index (χ3v) is 3.58. The molecule has 8 nitrogen and oxygen atoms in total. The van der Waals surface area contributed by atoms with Crippen molar-refractivity contribution in [1.82, 2.24) is 19.8 Å². The van der Waals surface area contributed by atoms with Crippen LogP contribution in [0.3, 0.4) is 0 Å². The summed E-state index contributed by atoms with van der Waals surface area (Å²) in [6.45, 7) is 9.88. The highest BCUT2D eigenvalue weighted by molar-refractivity contribution is 5.93. The van der Waals surface area contributed by atoms with Gasteiger partial charge in [-0.25, -0.2) is 14.8 Å². The lowest BCUT2D eigenvalue weighted by Gasteiger charge is -2.33. The Labute approximate surface area is 141 Å². The molecule has 0 unspecified atom stereocenters. The van der Waals surface area contributed by atoms with Crippen LogP contribution in [0.25, 0.3) is 0 Å². The highest BCUT2D eigenvalue weighted by atomic mass is 16.6. The van der Waals surface area contributed by atoms with Gasteiger partial charge in [0.15, 0.2) is 0 Å². The fraction of sp³-hybridized carbons (Fsp3) is 0.500. The zero-order valence-corrected chi connectivity index (χ0v) is 14.1. The number of hydrogen-bond acceptors (Lipinski definition) is 6. The number of carbonyl (C=O) groups excluding carboxylic acids is 2. The fourth-order valence-electron chi connectivity index (χ4n) is 2.41. The summed E-state index contributed by atoms with van der Waals surface area (Å²) >= 11 is 0. The summed E-state index contributed by atoms with van der Waals surface area (Å²) in [4.78, 5) is 36.1. The number of amides is 2. The first-order valence-electron chi connectivity index (χ1n) is 7.96. The van der Waals surface area contributed by atoms with Crippen LogP contribution in [0.2, 0.25) is 0 Å². The minimum Gasteiger partial charge on any atom is -0.450 e. The van der Waals surface area contributed by atoms with E-state index in [1.54, 1.807) is 35.8 Å². The fourth-order valence-corrected chi connectivity index (χ4v) is 2.41. The van der Waals surface area contributed by atoms with Crippen molar-refractivity contribution in [3.05, 3.63) is 30.2 Å². The van der Waals surface area contributed by atoms with Gasteiger partial charge in [0.1, 0.15) is 17.3 Å². The highest BCUT2D eigenvalue weighted by Gasteiger charge is 2.26. The molecule has 0 atom stereocenters. The van der Waals surface area contributed by atoms with Crippen LogP contribution in [0, 0.1) is 6.92 Å². The van der Waals surface area contributed by atoms with Gasteiger partial charge in [0.05, 0.1) is 6.61 Å². The number of aryl methyl sites for hydroxylation is 1. The number of hydrogen-bond donors (Lipinski definition) is 1. The van der Waals surface area contributed by atoms with Crippen LogP contribution in [0.15, 0.2) is 18.7 Å². The van der Waals surface area contributed by atoms with Crippen LogP contribution < -0.4 is 5.32 Å². The maximum atomic E-state index is 12.6. The van der Waals surface area contributed by atoms with Gasteiger partial charge >= 0.3 is 6.09 Å². The molecule has 1 N–H and O–H groups in total. The standard InChI is InChI=1S/C16H23N5O3/c1-4-6-17-14-11-13(18-12(3)19-14)15(22)20-7-9-21(10-8-20)16(23)24-5-2/h4,11H,1,5-10H2,2-3H3,(H,17,18,19). The Hall–Kier alpha value is -2.64. The summed E-state index contributed by atoms with van der Waals surface area (Å²) in [6, 6.07) is 1.64. The molecule has 0 spiro atoms. The van der Waals surface area contributed by atoms with Crippen molar-refractivity contribution >= 4 is 17.8 Å². The molecule has 8 heteroatoms. The second kappa shape index (κ2) is 8.28. The SMILES string of the molecule is C=CCNc1cc(C(=O)N2CCN(C(=O)OCC)CC2)nc(C)n1. The average Bonchev–Trinajstić information content (AvgIpc) is 2.59. The van der Waals surface area contributed by atoms with Crippen LogP contribution in [0.1, 0.15) is 23.2 Å². The van der Waals surface area contributed by atoms with Gasteiger partial charge in [0.2, 0.25) is 0 Å². The van der Waals surface area contributed by atoms with E-state index in [1.807, 2.05) is 0 Å². The molecule has 0 aliphatic carbocycles. The number of piperazine rings is 1. The molecule has 2 amide bonds. The van der Waals surface area contributed by atoms with Gasteiger partial charge in [-0.05, 0) is 13.8 Å². The third-order valence-electron chi connectivity index (χ3n) is 3.58. The molecular formula is C16H23N5O3. The number of rotatable bonds is 5. The lowest BCUT2D eigenvalue weighted by atomic mass is 10.2. The Morgan fingerprint density at radius 2 is 1.96 bits per heavy atom. The zero-order chi connectivity index (χ0) is 17.5. The molecule has 0 radical (unpaired) electrons. The topological polar surface area (TPSA) is 87.7 Å². The second-order valence-corrected chi connectivity index (χ2v) is 5.33. The van der Waals surface area contributed by atoms with E-state index in [2.05, 4.69) is 21.9 Å². The molecule has 1 saturated heterocycles. The quantitative estimate of drug-likeness (QED) is 0.817. The van der Waals surface area contributed by atoms with E-state index in [4.69, 9.17) is 4.74 Å². The predicted octanol–water partition coefficient (Wildman–Crippen LogP) is 1.30. The smallest absolute Gasteiger partial charge is 0.409 e. The lowest BCUT2D eigenvalue weighted by Crippen LogP contribution is -2.50. The largest absolute Gasteiger partial charge is 0.450 e. The first-order chi connectivity index (χ1) is 11.5. The molecule has 1 aliphatic heterocycles. The molecule has 0 saturated carbocycles. The van der Waals surface area contributed by atoms with Gasteiger partial charge in [0.25, 0.3) is 5.91 Å². The molecule has 2 heterocycles. The van der Waals surface area contributed by atoms with Crippen molar-refractivity contribution in [3.8, 4) is 0 Å². The number of anilines is 1. The summed E-state index contributed by atoms with van der Waals surface area (Å²) in [6.07, 6.45) is 1.38. The van der Waals surface area contributed by atoms with Crippen LogP contribution in [-0.2, 0) is 4.74 Å². The number of nitrogens with one attached hydrogen (secondary N) is 1. The van der Waals surface area contributed by atoms with Crippen molar-refractivity contribution in [2.24, 2.45) is 0 Å². The van der Waals surface area contributed by atoms with Gasteiger partial charge in [-0.3, -0.25) is 4.79 Å². The first kappa shape index (κ1) is 17.7. The summed E-state index contributed by atoms with van der Waals surface area (Å²) in [5, 5.41) is 3.06. The average molecular weight is 333 g/mol.